The second kappa shape index (κ2) is 13.1. The lowest BCUT2D eigenvalue weighted by Crippen LogP contribution is -2.22. The third-order valence-electron chi connectivity index (χ3n) is 9.04. The van der Waals surface area contributed by atoms with Crippen LogP contribution in [-0.2, 0) is 0 Å². The molecule has 4 rings (SSSR count). The Morgan fingerprint density at radius 1 is 0.381 bits per heavy atom. The van der Waals surface area contributed by atoms with E-state index in [1.54, 1.807) is 0 Å². The smallest absolute Gasteiger partial charge is 0.0518 e. The van der Waals surface area contributed by atoms with Crippen LogP contribution in [0.25, 0.3) is 0 Å². The van der Waals surface area contributed by atoms with E-state index in [0.717, 1.165) is 0 Å². The Balaban J connectivity index is 1.60. The lowest BCUT2D eigenvalue weighted by Gasteiger charge is -2.33. The van der Waals surface area contributed by atoms with E-state index in [4.69, 9.17) is 0 Å². The molecule has 0 saturated heterocycles. The quantitative estimate of drug-likeness (QED) is 0.299. The summed E-state index contributed by atoms with van der Waals surface area (Å²) in [6, 6.07) is 9.76. The maximum absolute atomic E-state index is 2.44. The predicted octanol–water partition coefficient (Wildman–Crippen LogP) is 12.1. The molecular weight excluding hydrogens is 508 g/mol. The van der Waals surface area contributed by atoms with Gasteiger partial charge >= 0.3 is 0 Å². The summed E-state index contributed by atoms with van der Waals surface area (Å²) < 4.78 is 0. The first-order chi connectivity index (χ1) is 19.8. The summed E-state index contributed by atoms with van der Waals surface area (Å²) in [6.07, 6.45) is 18.8. The predicted molar refractivity (Wildman–Crippen MR) is 186 cm³/mol. The van der Waals surface area contributed by atoms with Crippen molar-refractivity contribution in [1.29, 1.82) is 0 Å². The standard InChI is InChI=1S/C40H56N2/c1-25(2)33-21-35(27(5)6)39(36(22-33)28(7)8)41-17-13-31(14-18-41)32-15-19-42(20-16-32)40-37(29(9)10)23-34(26(3)4)24-38(40)30(11)12/h13-32H,1-12H3. The SMILES string of the molecule is CC(C)c1cc(C(C)C)c(N2C=CC(C3C=CN(c4c(C(C)C)cc(C(C)C)cc4C(C)C)C=C3)C=C2)c(C(C)C)c1. The Kier molecular flexibility index (Phi) is 9.96. The normalized spacial score (nSPS) is 16.2. The molecule has 0 N–H and O–H groups in total. The van der Waals surface area contributed by atoms with Gasteiger partial charge in [0.2, 0.25) is 0 Å². The lowest BCUT2D eigenvalue weighted by atomic mass is 9.85. The van der Waals surface area contributed by atoms with Gasteiger partial charge in [-0.25, -0.2) is 0 Å². The summed E-state index contributed by atoms with van der Waals surface area (Å²) >= 11 is 0. The number of hydrogen-bond donors (Lipinski definition) is 0. The zero-order chi connectivity index (χ0) is 30.9. The molecule has 0 radical (unpaired) electrons. The van der Waals surface area contributed by atoms with Gasteiger partial charge in [0.25, 0.3) is 0 Å². The van der Waals surface area contributed by atoms with Gasteiger partial charge in [-0.15, -0.1) is 0 Å². The Labute approximate surface area is 257 Å². The molecule has 0 fully saturated rings. The molecule has 2 heteroatoms. The fourth-order valence-electron chi connectivity index (χ4n) is 6.24. The maximum Gasteiger partial charge on any atom is 0.0518 e. The summed E-state index contributed by atoms with van der Waals surface area (Å²) in [5, 5.41) is 0. The summed E-state index contributed by atoms with van der Waals surface area (Å²) in [6.45, 7) is 27.8. The van der Waals surface area contributed by atoms with Crippen molar-refractivity contribution in [3.05, 3.63) is 107 Å². The molecule has 0 bridgehead atoms. The Morgan fingerprint density at radius 3 is 0.810 bits per heavy atom. The first-order valence-corrected chi connectivity index (χ1v) is 16.4. The number of allylic oxidation sites excluding steroid dienone is 4. The number of hydrogen-bond acceptors (Lipinski definition) is 2. The molecule has 0 spiro atoms. The molecule has 0 unspecified atom stereocenters. The van der Waals surface area contributed by atoms with Crippen molar-refractivity contribution in [2.75, 3.05) is 9.80 Å². The third kappa shape index (κ3) is 6.64. The van der Waals surface area contributed by atoms with Crippen LogP contribution in [0.4, 0.5) is 11.4 Å². The van der Waals surface area contributed by atoms with Crippen LogP contribution in [-0.4, -0.2) is 0 Å². The van der Waals surface area contributed by atoms with Crippen LogP contribution in [0.2, 0.25) is 0 Å². The van der Waals surface area contributed by atoms with Gasteiger partial charge < -0.3 is 9.80 Å². The molecule has 0 aromatic heterocycles. The maximum atomic E-state index is 2.44. The number of rotatable bonds is 9. The van der Waals surface area contributed by atoms with Crippen molar-refractivity contribution in [1.82, 2.24) is 0 Å². The van der Waals surface area contributed by atoms with E-state index in [0.29, 0.717) is 47.3 Å². The zero-order valence-electron chi connectivity index (χ0n) is 28.4. The van der Waals surface area contributed by atoms with Crippen molar-refractivity contribution < 1.29 is 0 Å². The molecule has 42 heavy (non-hydrogen) atoms. The van der Waals surface area contributed by atoms with Crippen LogP contribution >= 0.6 is 0 Å². The average Bonchev–Trinajstić information content (AvgIpc) is 2.95. The molecule has 2 nitrogen and oxygen atoms in total. The topological polar surface area (TPSA) is 6.48 Å². The Morgan fingerprint density at radius 2 is 0.619 bits per heavy atom. The monoisotopic (exact) mass is 564 g/mol. The highest BCUT2D eigenvalue weighted by Gasteiger charge is 2.25. The summed E-state index contributed by atoms with van der Waals surface area (Å²) in [7, 11) is 0. The van der Waals surface area contributed by atoms with Crippen LogP contribution in [0.3, 0.4) is 0 Å². The Bertz CT molecular complexity index is 1170. The van der Waals surface area contributed by atoms with Crippen molar-refractivity contribution in [3.63, 3.8) is 0 Å². The molecule has 2 aromatic rings. The second-order valence-electron chi connectivity index (χ2n) is 14.4. The summed E-state index contributed by atoms with van der Waals surface area (Å²) in [5.41, 5.74) is 11.4. The average molecular weight is 565 g/mol. The highest BCUT2D eigenvalue weighted by Crippen LogP contribution is 2.42. The van der Waals surface area contributed by atoms with Crippen LogP contribution in [0.1, 0.15) is 152 Å². The van der Waals surface area contributed by atoms with Gasteiger partial charge in [0, 0.05) is 36.6 Å². The first-order valence-electron chi connectivity index (χ1n) is 16.4. The van der Waals surface area contributed by atoms with Crippen molar-refractivity contribution in [2.45, 2.75) is 119 Å². The molecule has 2 aliphatic rings. The molecular formula is C40H56N2. The van der Waals surface area contributed by atoms with Gasteiger partial charge in [-0.3, -0.25) is 0 Å². The molecule has 2 heterocycles. The number of nitrogens with zero attached hydrogens (tertiary/aromatic N) is 2. The molecule has 0 aliphatic carbocycles. The molecule has 2 aliphatic heterocycles. The van der Waals surface area contributed by atoms with Gasteiger partial charge in [-0.1, -0.05) is 132 Å². The van der Waals surface area contributed by atoms with Gasteiger partial charge in [-0.05, 0) is 68.9 Å². The minimum absolute atomic E-state index is 0.341. The molecule has 0 saturated carbocycles. The van der Waals surface area contributed by atoms with E-state index in [1.807, 2.05) is 0 Å². The highest BCUT2D eigenvalue weighted by atomic mass is 15.1. The van der Waals surface area contributed by atoms with Gasteiger partial charge in [0.15, 0.2) is 0 Å². The van der Waals surface area contributed by atoms with E-state index in [1.165, 1.54) is 44.8 Å². The number of anilines is 2. The van der Waals surface area contributed by atoms with Crippen molar-refractivity contribution in [2.24, 2.45) is 11.8 Å². The van der Waals surface area contributed by atoms with Crippen molar-refractivity contribution in [3.8, 4) is 0 Å². The van der Waals surface area contributed by atoms with Gasteiger partial charge in [0.05, 0.1) is 11.4 Å². The summed E-state index contributed by atoms with van der Waals surface area (Å²) in [5.74, 6) is 3.59. The molecule has 226 valence electrons. The van der Waals surface area contributed by atoms with Crippen LogP contribution in [0, 0.1) is 11.8 Å². The summed E-state index contributed by atoms with van der Waals surface area (Å²) in [4.78, 5) is 4.74. The fraction of sp³-hybridized carbons (Fsp3) is 0.500. The van der Waals surface area contributed by atoms with Crippen LogP contribution < -0.4 is 9.80 Å². The second-order valence-corrected chi connectivity index (χ2v) is 14.4. The first kappa shape index (κ1) is 31.9. The highest BCUT2D eigenvalue weighted by molar-refractivity contribution is 5.69. The van der Waals surface area contributed by atoms with Crippen LogP contribution in [0.5, 0.6) is 0 Å². The number of benzene rings is 2. The van der Waals surface area contributed by atoms with E-state index in [2.05, 4.69) is 166 Å². The lowest BCUT2D eigenvalue weighted by molar-refractivity contribution is 0.655. The van der Waals surface area contributed by atoms with Gasteiger partial charge in [0.1, 0.15) is 0 Å². The largest absolute Gasteiger partial charge is 0.324 e. The van der Waals surface area contributed by atoms with E-state index in [9.17, 15) is 0 Å². The van der Waals surface area contributed by atoms with E-state index >= 15 is 0 Å². The van der Waals surface area contributed by atoms with Crippen LogP contribution in [0.15, 0.2) is 73.4 Å². The fourth-order valence-corrected chi connectivity index (χ4v) is 6.24. The van der Waals surface area contributed by atoms with E-state index < -0.39 is 0 Å². The zero-order valence-corrected chi connectivity index (χ0v) is 28.4. The van der Waals surface area contributed by atoms with Crippen molar-refractivity contribution >= 4 is 11.4 Å². The third-order valence-corrected chi connectivity index (χ3v) is 9.04. The minimum Gasteiger partial charge on any atom is -0.324 e. The van der Waals surface area contributed by atoms with E-state index in [-0.39, 0.29) is 0 Å². The minimum atomic E-state index is 0.341. The Hall–Kier alpha value is -3.00. The molecule has 0 atom stereocenters. The van der Waals surface area contributed by atoms with Gasteiger partial charge in [-0.2, -0.15) is 0 Å². The molecule has 2 aromatic carbocycles. The molecule has 0 amide bonds.